The summed E-state index contributed by atoms with van der Waals surface area (Å²) in [6.07, 6.45) is 1.50. The third-order valence-corrected chi connectivity index (χ3v) is 3.62. The minimum Gasteiger partial charge on any atom is -0.496 e. The molecule has 0 saturated carbocycles. The van der Waals surface area contributed by atoms with Gasteiger partial charge in [-0.25, -0.2) is 9.97 Å². The Morgan fingerprint density at radius 2 is 1.81 bits per heavy atom. The Hall–Kier alpha value is -2.77. The number of benzene rings is 2. The van der Waals surface area contributed by atoms with Gasteiger partial charge in [-0.1, -0.05) is 0 Å². The molecule has 138 valence electrons. The molecule has 0 spiro atoms. The van der Waals surface area contributed by atoms with Crippen molar-refractivity contribution in [3.8, 4) is 11.5 Å². The highest BCUT2D eigenvalue weighted by atomic mass is 35.5. The Morgan fingerprint density at radius 3 is 2.50 bits per heavy atom. The molecule has 3 aromatic rings. The summed E-state index contributed by atoms with van der Waals surface area (Å²) in [6.45, 7) is 0.959. The van der Waals surface area contributed by atoms with Crippen LogP contribution in [0.15, 0.2) is 42.7 Å². The van der Waals surface area contributed by atoms with Crippen molar-refractivity contribution in [3.05, 3.63) is 42.7 Å². The monoisotopic (exact) mass is 376 g/mol. The molecule has 2 aromatic carbocycles. The lowest BCUT2D eigenvalue weighted by atomic mass is 10.2. The average molecular weight is 377 g/mol. The third kappa shape index (κ3) is 4.44. The number of hydrogen-bond donors (Lipinski definition) is 2. The maximum atomic E-state index is 5.73. The predicted molar refractivity (Wildman–Crippen MR) is 105 cm³/mol. The second kappa shape index (κ2) is 9.07. The lowest BCUT2D eigenvalue weighted by molar-refractivity contribution is 0.146. The number of nitrogens with one attached hydrogen (secondary N) is 1. The van der Waals surface area contributed by atoms with Crippen molar-refractivity contribution in [2.75, 3.05) is 38.5 Å². The van der Waals surface area contributed by atoms with Gasteiger partial charge in [0.1, 0.15) is 30.3 Å². The number of hydrogen-bond acceptors (Lipinski definition) is 7. The van der Waals surface area contributed by atoms with Gasteiger partial charge in [0.2, 0.25) is 0 Å². The van der Waals surface area contributed by atoms with E-state index in [1.165, 1.54) is 6.33 Å². The quantitative estimate of drug-likeness (QED) is 0.482. The largest absolute Gasteiger partial charge is 0.496 e. The first kappa shape index (κ1) is 19.6. The second-order valence-corrected chi connectivity index (χ2v) is 5.33. The van der Waals surface area contributed by atoms with Crippen LogP contribution in [0.1, 0.15) is 0 Å². The number of methoxy groups -OCH3 is 2. The van der Waals surface area contributed by atoms with Crippen LogP contribution in [-0.2, 0) is 4.74 Å². The zero-order chi connectivity index (χ0) is 17.6. The molecular formula is C18H21ClN4O3. The van der Waals surface area contributed by atoms with Gasteiger partial charge in [-0.15, -0.1) is 12.4 Å². The number of fused-ring (bicyclic) bond motifs is 1. The number of nitrogen functional groups attached to an aromatic ring is 1. The van der Waals surface area contributed by atoms with Crippen molar-refractivity contribution in [1.82, 2.24) is 9.97 Å². The minimum absolute atomic E-state index is 0. The third-order valence-electron chi connectivity index (χ3n) is 3.62. The molecule has 8 heteroatoms. The molecule has 0 unspecified atom stereocenters. The number of nitrogens with two attached hydrogens (primary N) is 1. The Balaban J connectivity index is 0.00000243. The molecule has 0 saturated heterocycles. The SMILES string of the molecule is COCCOc1cc(OC)c2c(Nc3ccc(N)cc3)ncnc2c1.Cl. The zero-order valence-electron chi connectivity index (χ0n) is 14.6. The standard InChI is InChI=1S/C18H20N4O3.ClH/c1-23-7-8-25-14-9-15-17(16(10-14)24-2)18(21-11-20-15)22-13-5-3-12(19)4-6-13;/h3-6,9-11H,7-8,19H2,1-2H3,(H,20,21,22);1H. The van der Waals surface area contributed by atoms with Crippen molar-refractivity contribution in [2.45, 2.75) is 0 Å². The first-order valence-corrected chi connectivity index (χ1v) is 7.78. The fourth-order valence-corrected chi connectivity index (χ4v) is 2.41. The maximum Gasteiger partial charge on any atom is 0.145 e. The van der Waals surface area contributed by atoms with E-state index in [0.717, 1.165) is 16.6 Å². The molecule has 0 atom stereocenters. The number of rotatable bonds is 7. The van der Waals surface area contributed by atoms with Crippen LogP contribution in [0.5, 0.6) is 11.5 Å². The smallest absolute Gasteiger partial charge is 0.145 e. The van der Waals surface area contributed by atoms with Gasteiger partial charge < -0.3 is 25.3 Å². The number of aromatic nitrogens is 2. The van der Waals surface area contributed by atoms with Crippen LogP contribution in [0, 0.1) is 0 Å². The Labute approximate surface area is 157 Å². The first-order valence-electron chi connectivity index (χ1n) is 7.78. The molecule has 0 aliphatic heterocycles. The lowest BCUT2D eigenvalue weighted by Crippen LogP contribution is -2.05. The van der Waals surface area contributed by atoms with Crippen LogP contribution in [0.2, 0.25) is 0 Å². The molecule has 3 rings (SSSR count). The van der Waals surface area contributed by atoms with Gasteiger partial charge in [-0.2, -0.15) is 0 Å². The van der Waals surface area contributed by atoms with Crippen LogP contribution < -0.4 is 20.5 Å². The molecule has 0 aliphatic carbocycles. The highest BCUT2D eigenvalue weighted by molar-refractivity contribution is 5.96. The zero-order valence-corrected chi connectivity index (χ0v) is 15.4. The van der Waals surface area contributed by atoms with Gasteiger partial charge in [-0.3, -0.25) is 0 Å². The summed E-state index contributed by atoms with van der Waals surface area (Å²) in [4.78, 5) is 8.68. The molecule has 0 fully saturated rings. The normalized spacial score (nSPS) is 10.2. The molecule has 1 heterocycles. The molecule has 0 radical (unpaired) electrons. The summed E-state index contributed by atoms with van der Waals surface area (Å²) >= 11 is 0. The van der Waals surface area contributed by atoms with Gasteiger partial charge in [0, 0.05) is 30.6 Å². The molecular weight excluding hydrogens is 356 g/mol. The van der Waals surface area contributed by atoms with Gasteiger partial charge in [0.25, 0.3) is 0 Å². The highest BCUT2D eigenvalue weighted by Gasteiger charge is 2.13. The van der Waals surface area contributed by atoms with E-state index in [4.69, 9.17) is 19.9 Å². The summed E-state index contributed by atoms with van der Waals surface area (Å²) in [5.74, 6) is 1.94. The van der Waals surface area contributed by atoms with Crippen LogP contribution in [0.3, 0.4) is 0 Å². The number of anilines is 3. The average Bonchev–Trinajstić information content (AvgIpc) is 2.63. The molecule has 0 bridgehead atoms. The topological polar surface area (TPSA) is 91.5 Å². The summed E-state index contributed by atoms with van der Waals surface area (Å²) in [5.41, 5.74) is 8.02. The Morgan fingerprint density at radius 1 is 1.04 bits per heavy atom. The summed E-state index contributed by atoms with van der Waals surface area (Å²) in [5, 5.41) is 4.05. The first-order chi connectivity index (χ1) is 12.2. The second-order valence-electron chi connectivity index (χ2n) is 5.33. The Kier molecular flexibility index (Phi) is 6.82. The minimum atomic E-state index is 0. The Bertz CT molecular complexity index is 859. The molecule has 7 nitrogen and oxygen atoms in total. The van der Waals surface area contributed by atoms with Crippen molar-refractivity contribution in [1.29, 1.82) is 0 Å². The van der Waals surface area contributed by atoms with E-state index in [1.807, 2.05) is 36.4 Å². The van der Waals surface area contributed by atoms with Gasteiger partial charge in [-0.05, 0) is 24.3 Å². The number of ether oxygens (including phenoxy) is 3. The fraction of sp³-hybridized carbons (Fsp3) is 0.222. The van der Waals surface area contributed by atoms with Gasteiger partial charge >= 0.3 is 0 Å². The highest BCUT2D eigenvalue weighted by Crippen LogP contribution is 2.35. The fourth-order valence-electron chi connectivity index (χ4n) is 2.41. The van der Waals surface area contributed by atoms with Crippen molar-refractivity contribution >= 4 is 40.5 Å². The van der Waals surface area contributed by atoms with E-state index in [9.17, 15) is 0 Å². The molecule has 26 heavy (non-hydrogen) atoms. The molecule has 3 N–H and O–H groups in total. The number of nitrogens with zero attached hydrogens (tertiary/aromatic N) is 2. The molecule has 0 amide bonds. The summed E-state index contributed by atoms with van der Waals surface area (Å²) in [6, 6.07) is 11.1. The molecule has 1 aromatic heterocycles. The van der Waals surface area contributed by atoms with Crippen molar-refractivity contribution in [3.63, 3.8) is 0 Å². The lowest BCUT2D eigenvalue weighted by Gasteiger charge is -2.13. The van der Waals surface area contributed by atoms with Gasteiger partial charge in [0.15, 0.2) is 0 Å². The molecule has 0 aliphatic rings. The number of halogens is 1. The summed E-state index contributed by atoms with van der Waals surface area (Å²) in [7, 11) is 3.24. The van der Waals surface area contributed by atoms with Crippen LogP contribution in [-0.4, -0.2) is 37.4 Å². The van der Waals surface area contributed by atoms with E-state index in [1.54, 1.807) is 14.2 Å². The van der Waals surface area contributed by atoms with E-state index >= 15 is 0 Å². The van der Waals surface area contributed by atoms with E-state index in [-0.39, 0.29) is 12.4 Å². The van der Waals surface area contributed by atoms with Crippen LogP contribution in [0.4, 0.5) is 17.2 Å². The maximum absolute atomic E-state index is 5.73. The van der Waals surface area contributed by atoms with E-state index in [0.29, 0.717) is 36.2 Å². The van der Waals surface area contributed by atoms with Crippen molar-refractivity contribution in [2.24, 2.45) is 0 Å². The van der Waals surface area contributed by atoms with Crippen LogP contribution in [0.25, 0.3) is 10.9 Å². The van der Waals surface area contributed by atoms with Crippen molar-refractivity contribution < 1.29 is 14.2 Å². The predicted octanol–water partition coefficient (Wildman–Crippen LogP) is 3.41. The van der Waals surface area contributed by atoms with Gasteiger partial charge in [0.05, 0.1) is 24.6 Å². The summed E-state index contributed by atoms with van der Waals surface area (Å²) < 4.78 is 16.2. The van der Waals surface area contributed by atoms with Crippen LogP contribution >= 0.6 is 12.4 Å². The van der Waals surface area contributed by atoms with E-state index < -0.39 is 0 Å². The van der Waals surface area contributed by atoms with E-state index in [2.05, 4.69) is 15.3 Å².